The van der Waals surface area contributed by atoms with E-state index in [-0.39, 0.29) is 4.90 Å². The number of methoxy groups -OCH3 is 1. The molecule has 10 nitrogen and oxygen atoms in total. The molecule has 0 unspecified atom stereocenters. The first-order chi connectivity index (χ1) is 17.4. The van der Waals surface area contributed by atoms with Crippen LogP contribution in [0.1, 0.15) is 5.56 Å². The smallest absolute Gasteiger partial charge is 0.243 e. The number of sulfonamides is 1. The zero-order valence-corrected chi connectivity index (χ0v) is 20.9. The van der Waals surface area contributed by atoms with Gasteiger partial charge in [0.15, 0.2) is 5.82 Å². The van der Waals surface area contributed by atoms with Gasteiger partial charge in [0.25, 0.3) is 0 Å². The van der Waals surface area contributed by atoms with Crippen LogP contribution in [-0.4, -0.2) is 65.9 Å². The molecule has 0 bridgehead atoms. The minimum atomic E-state index is -3.61. The molecule has 3 heterocycles. The standard InChI is InChI=1S/C25H27N7O3S/c1-18-3-5-19(6-4-18)28-23-17-22(24-26-11-12-27-24)29-25(30-23)31-13-15-32(16-14-31)36(33,34)21-9-7-20(35-2)8-10-21/h3-12,17H,13-16H2,1-2H3,(H,26,27)(H,28,29,30). The van der Waals surface area contributed by atoms with Crippen molar-refractivity contribution in [1.82, 2.24) is 24.2 Å². The van der Waals surface area contributed by atoms with Crippen LogP contribution in [0.15, 0.2) is 71.9 Å². The van der Waals surface area contributed by atoms with Crippen molar-refractivity contribution in [3.63, 3.8) is 0 Å². The molecular formula is C25H27N7O3S. The van der Waals surface area contributed by atoms with Crippen molar-refractivity contribution in [1.29, 1.82) is 0 Å². The lowest BCUT2D eigenvalue weighted by Crippen LogP contribution is -2.49. The normalized spacial score (nSPS) is 14.6. The van der Waals surface area contributed by atoms with Crippen molar-refractivity contribution in [3.05, 3.63) is 72.6 Å². The predicted octanol–water partition coefficient (Wildman–Crippen LogP) is 3.44. The molecule has 2 aromatic carbocycles. The number of ether oxygens (including phenoxy) is 1. The molecule has 2 N–H and O–H groups in total. The van der Waals surface area contributed by atoms with Gasteiger partial charge in [-0.1, -0.05) is 17.7 Å². The number of piperazine rings is 1. The van der Waals surface area contributed by atoms with Crippen LogP contribution in [-0.2, 0) is 10.0 Å². The van der Waals surface area contributed by atoms with E-state index in [1.165, 1.54) is 9.87 Å². The third-order valence-corrected chi connectivity index (χ3v) is 7.91. The van der Waals surface area contributed by atoms with E-state index in [4.69, 9.17) is 14.7 Å². The summed E-state index contributed by atoms with van der Waals surface area (Å²) in [7, 11) is -2.06. The average Bonchev–Trinajstić information content (AvgIpc) is 3.45. The first-order valence-electron chi connectivity index (χ1n) is 11.5. The molecule has 2 aromatic heterocycles. The van der Waals surface area contributed by atoms with Gasteiger partial charge in [-0.3, -0.25) is 0 Å². The van der Waals surface area contributed by atoms with E-state index in [9.17, 15) is 8.42 Å². The fourth-order valence-corrected chi connectivity index (χ4v) is 5.40. The second-order valence-corrected chi connectivity index (χ2v) is 10.4. The van der Waals surface area contributed by atoms with Gasteiger partial charge >= 0.3 is 0 Å². The first kappa shape index (κ1) is 23.8. The Labute approximate surface area is 210 Å². The topological polar surface area (TPSA) is 116 Å². The maximum atomic E-state index is 13.1. The van der Waals surface area contributed by atoms with E-state index >= 15 is 0 Å². The summed E-state index contributed by atoms with van der Waals surface area (Å²) in [6.45, 7) is 3.60. The Balaban J connectivity index is 1.36. The van der Waals surface area contributed by atoms with E-state index in [0.29, 0.717) is 55.2 Å². The SMILES string of the molecule is COc1ccc(S(=O)(=O)N2CCN(c3nc(Nc4ccc(C)cc4)cc(-c4ncc[nH]4)n3)CC2)cc1. The molecule has 1 fully saturated rings. The molecule has 5 rings (SSSR count). The highest BCUT2D eigenvalue weighted by atomic mass is 32.2. The molecule has 0 aliphatic carbocycles. The third kappa shape index (κ3) is 5.02. The Morgan fingerprint density at radius 2 is 1.69 bits per heavy atom. The lowest BCUT2D eigenvalue weighted by atomic mass is 10.2. The number of aromatic nitrogens is 4. The van der Waals surface area contributed by atoms with Gasteiger partial charge in [0.2, 0.25) is 16.0 Å². The van der Waals surface area contributed by atoms with Crippen molar-refractivity contribution in [2.45, 2.75) is 11.8 Å². The number of anilines is 3. The summed E-state index contributed by atoms with van der Waals surface area (Å²) in [6.07, 6.45) is 3.42. The molecule has 0 saturated carbocycles. The summed E-state index contributed by atoms with van der Waals surface area (Å²) < 4.78 is 32.9. The van der Waals surface area contributed by atoms with Crippen molar-refractivity contribution in [2.24, 2.45) is 0 Å². The highest BCUT2D eigenvalue weighted by Crippen LogP contribution is 2.26. The number of hydrogen-bond donors (Lipinski definition) is 2. The summed E-state index contributed by atoms with van der Waals surface area (Å²) in [5, 5.41) is 3.34. The van der Waals surface area contributed by atoms with Crippen LogP contribution >= 0.6 is 0 Å². The number of aryl methyl sites for hydroxylation is 1. The van der Waals surface area contributed by atoms with Gasteiger partial charge in [0, 0.05) is 50.3 Å². The van der Waals surface area contributed by atoms with Crippen LogP contribution in [0.2, 0.25) is 0 Å². The quantitative estimate of drug-likeness (QED) is 0.392. The van der Waals surface area contributed by atoms with Gasteiger partial charge in [-0.25, -0.2) is 18.4 Å². The first-order valence-corrected chi connectivity index (χ1v) is 13.0. The Kier molecular flexibility index (Phi) is 6.57. The fourth-order valence-electron chi connectivity index (χ4n) is 3.98. The molecule has 1 aliphatic rings. The Bertz CT molecular complexity index is 1420. The van der Waals surface area contributed by atoms with Gasteiger partial charge in [-0.15, -0.1) is 0 Å². The number of hydrogen-bond acceptors (Lipinski definition) is 8. The Morgan fingerprint density at radius 3 is 2.33 bits per heavy atom. The summed E-state index contributed by atoms with van der Waals surface area (Å²) >= 11 is 0. The lowest BCUT2D eigenvalue weighted by Gasteiger charge is -2.34. The molecule has 1 saturated heterocycles. The van der Waals surface area contributed by atoms with Crippen molar-refractivity contribution >= 4 is 27.5 Å². The summed E-state index contributed by atoms with van der Waals surface area (Å²) in [6, 6.07) is 16.3. The Hall–Kier alpha value is -3.96. The van der Waals surface area contributed by atoms with Gasteiger partial charge in [-0.2, -0.15) is 9.29 Å². The highest BCUT2D eigenvalue weighted by Gasteiger charge is 2.29. The molecule has 0 spiro atoms. The fraction of sp³-hybridized carbons (Fsp3) is 0.240. The second kappa shape index (κ2) is 9.96. The predicted molar refractivity (Wildman–Crippen MR) is 138 cm³/mol. The van der Waals surface area contributed by atoms with E-state index in [1.807, 2.05) is 42.2 Å². The minimum absolute atomic E-state index is 0.248. The summed E-state index contributed by atoms with van der Waals surface area (Å²) in [4.78, 5) is 19.1. The van der Waals surface area contributed by atoms with Crippen LogP contribution in [0.3, 0.4) is 0 Å². The summed E-state index contributed by atoms with van der Waals surface area (Å²) in [5.41, 5.74) is 2.72. The molecule has 0 atom stereocenters. The minimum Gasteiger partial charge on any atom is -0.497 e. The summed E-state index contributed by atoms with van der Waals surface area (Å²) in [5.74, 6) is 2.39. The number of aromatic amines is 1. The molecule has 1 aliphatic heterocycles. The second-order valence-electron chi connectivity index (χ2n) is 8.43. The monoisotopic (exact) mass is 505 g/mol. The van der Waals surface area contributed by atoms with E-state index < -0.39 is 10.0 Å². The zero-order valence-electron chi connectivity index (χ0n) is 20.0. The van der Waals surface area contributed by atoms with Gasteiger partial charge < -0.3 is 19.9 Å². The maximum absolute atomic E-state index is 13.1. The van der Waals surface area contributed by atoms with Gasteiger partial charge in [0.05, 0.1) is 12.0 Å². The number of benzene rings is 2. The number of rotatable bonds is 7. The number of H-pyrrole nitrogens is 1. The Morgan fingerprint density at radius 1 is 0.972 bits per heavy atom. The van der Waals surface area contributed by atoms with E-state index in [0.717, 1.165) is 5.69 Å². The zero-order chi connectivity index (χ0) is 25.1. The van der Waals surface area contributed by atoms with Crippen molar-refractivity contribution < 1.29 is 13.2 Å². The van der Waals surface area contributed by atoms with Crippen LogP contribution < -0.4 is 15.0 Å². The van der Waals surface area contributed by atoms with Crippen LogP contribution in [0.25, 0.3) is 11.5 Å². The van der Waals surface area contributed by atoms with Crippen molar-refractivity contribution in [3.8, 4) is 17.3 Å². The van der Waals surface area contributed by atoms with Gasteiger partial charge in [-0.05, 0) is 43.3 Å². The third-order valence-electron chi connectivity index (χ3n) is 6.00. The maximum Gasteiger partial charge on any atom is 0.243 e. The number of imidazole rings is 1. The lowest BCUT2D eigenvalue weighted by molar-refractivity contribution is 0.382. The van der Waals surface area contributed by atoms with E-state index in [1.54, 1.807) is 43.8 Å². The number of nitrogens with one attached hydrogen (secondary N) is 2. The highest BCUT2D eigenvalue weighted by molar-refractivity contribution is 7.89. The largest absolute Gasteiger partial charge is 0.497 e. The molecule has 0 amide bonds. The van der Waals surface area contributed by atoms with Crippen LogP contribution in [0.4, 0.5) is 17.5 Å². The van der Waals surface area contributed by atoms with E-state index in [2.05, 4.69) is 15.3 Å². The molecule has 36 heavy (non-hydrogen) atoms. The number of nitrogens with zero attached hydrogens (tertiary/aromatic N) is 5. The molecule has 186 valence electrons. The average molecular weight is 506 g/mol. The molecular weight excluding hydrogens is 478 g/mol. The molecule has 4 aromatic rings. The molecule has 11 heteroatoms. The van der Waals surface area contributed by atoms with Crippen LogP contribution in [0.5, 0.6) is 5.75 Å². The van der Waals surface area contributed by atoms with Crippen molar-refractivity contribution in [2.75, 3.05) is 43.5 Å². The van der Waals surface area contributed by atoms with Crippen LogP contribution in [0, 0.1) is 6.92 Å². The van der Waals surface area contributed by atoms with Gasteiger partial charge in [0.1, 0.15) is 17.3 Å². The molecule has 0 radical (unpaired) electrons.